The number of aliphatic hydroxyl groups is 1. The van der Waals surface area contributed by atoms with Crippen molar-refractivity contribution in [3.8, 4) is 0 Å². The molecule has 2 atom stereocenters. The first-order valence-electron chi connectivity index (χ1n) is 10.4. The largest absolute Gasteiger partial charge is 0.421 e. The highest BCUT2D eigenvalue weighted by Gasteiger charge is 2.51. The van der Waals surface area contributed by atoms with Crippen LogP contribution in [0.2, 0.25) is 0 Å². The van der Waals surface area contributed by atoms with Gasteiger partial charge in [0.25, 0.3) is 5.91 Å². The molecule has 0 aromatic heterocycles. The summed E-state index contributed by atoms with van der Waals surface area (Å²) in [5.74, 6) is -1.34. The fourth-order valence-electron chi connectivity index (χ4n) is 3.73. The number of hydrogen-bond acceptors (Lipinski definition) is 5. The topological polar surface area (TPSA) is 104 Å². The second-order valence-corrected chi connectivity index (χ2v) is 10.8. The molecule has 1 aliphatic rings. The van der Waals surface area contributed by atoms with E-state index in [9.17, 15) is 36.3 Å². The van der Waals surface area contributed by atoms with Crippen molar-refractivity contribution in [3.05, 3.63) is 59.2 Å². The quantitative estimate of drug-likeness (QED) is 0.657. The van der Waals surface area contributed by atoms with Gasteiger partial charge in [-0.25, -0.2) is 8.42 Å². The number of nitrogens with zero attached hydrogens (tertiary/aromatic N) is 1. The van der Waals surface area contributed by atoms with E-state index in [4.69, 9.17) is 0 Å². The molecular weight excluding hydrogens is 473 g/mol. The summed E-state index contributed by atoms with van der Waals surface area (Å²) in [4.78, 5) is 27.4. The van der Waals surface area contributed by atoms with Crippen molar-refractivity contribution < 1.29 is 36.3 Å². The molecule has 0 radical (unpaired) electrons. The number of anilines is 1. The molecule has 11 heteroatoms. The molecule has 2 amide bonds. The monoisotopic (exact) mass is 498 g/mol. The van der Waals surface area contributed by atoms with Crippen LogP contribution in [0, 0.1) is 5.92 Å². The van der Waals surface area contributed by atoms with E-state index in [2.05, 4.69) is 5.32 Å². The van der Waals surface area contributed by atoms with Crippen molar-refractivity contribution in [2.45, 2.75) is 50.0 Å². The zero-order valence-corrected chi connectivity index (χ0v) is 19.8. The van der Waals surface area contributed by atoms with E-state index in [1.54, 1.807) is 13.8 Å². The summed E-state index contributed by atoms with van der Waals surface area (Å²) < 4.78 is 63.0. The Morgan fingerprint density at radius 1 is 1.12 bits per heavy atom. The molecule has 1 heterocycles. The van der Waals surface area contributed by atoms with Crippen LogP contribution in [0.1, 0.15) is 43.5 Å². The van der Waals surface area contributed by atoms with Crippen molar-refractivity contribution in [2.75, 3.05) is 11.6 Å². The summed E-state index contributed by atoms with van der Waals surface area (Å²) in [6.45, 7) is 4.03. The van der Waals surface area contributed by atoms with E-state index in [0.717, 1.165) is 18.4 Å². The van der Waals surface area contributed by atoms with Crippen LogP contribution in [-0.4, -0.2) is 42.7 Å². The van der Waals surface area contributed by atoms with Gasteiger partial charge < -0.3 is 15.3 Å². The molecule has 2 aromatic carbocycles. The van der Waals surface area contributed by atoms with Gasteiger partial charge >= 0.3 is 6.18 Å². The molecule has 0 saturated carbocycles. The molecule has 2 aromatic rings. The predicted molar refractivity (Wildman–Crippen MR) is 118 cm³/mol. The first-order chi connectivity index (χ1) is 15.5. The van der Waals surface area contributed by atoms with Crippen LogP contribution >= 0.6 is 0 Å². The fraction of sp³-hybridized carbons (Fsp3) is 0.391. The highest BCUT2D eigenvalue weighted by molar-refractivity contribution is 7.90. The van der Waals surface area contributed by atoms with Crippen LogP contribution in [0.15, 0.2) is 47.4 Å². The Morgan fingerprint density at radius 2 is 1.71 bits per heavy atom. The Hall–Kier alpha value is -2.92. The number of rotatable bonds is 5. The summed E-state index contributed by atoms with van der Waals surface area (Å²) in [5.41, 5.74) is -2.29. The highest BCUT2D eigenvalue weighted by atomic mass is 32.2. The molecule has 2 N–H and O–H groups in total. The zero-order chi connectivity index (χ0) is 25.6. The van der Waals surface area contributed by atoms with Crippen LogP contribution in [0.4, 0.5) is 18.9 Å². The SMILES string of the molecule is CC(C)C(=O)N1Cc2cc(S(C)(=O)=O)ccc2C1C(=O)Nc1ccc(C(C)(O)C(F)(F)F)cc1. The lowest BCUT2D eigenvalue weighted by Gasteiger charge is -2.27. The third kappa shape index (κ3) is 4.80. The Balaban J connectivity index is 1.92. The van der Waals surface area contributed by atoms with Crippen molar-refractivity contribution in [2.24, 2.45) is 5.92 Å². The van der Waals surface area contributed by atoms with E-state index in [0.29, 0.717) is 18.1 Å². The molecule has 34 heavy (non-hydrogen) atoms. The summed E-state index contributed by atoms with van der Waals surface area (Å²) in [6, 6.07) is 7.82. The number of amides is 2. The minimum Gasteiger partial charge on any atom is -0.376 e. The van der Waals surface area contributed by atoms with Crippen molar-refractivity contribution in [3.63, 3.8) is 0 Å². The number of alkyl halides is 3. The molecule has 1 aliphatic heterocycles. The first-order valence-corrected chi connectivity index (χ1v) is 12.3. The highest BCUT2D eigenvalue weighted by Crippen LogP contribution is 2.39. The molecule has 0 aliphatic carbocycles. The maximum absolute atomic E-state index is 13.2. The summed E-state index contributed by atoms with van der Waals surface area (Å²) in [7, 11) is -3.50. The van der Waals surface area contributed by atoms with Gasteiger partial charge in [0, 0.05) is 24.4 Å². The lowest BCUT2D eigenvalue weighted by molar-refractivity contribution is -0.258. The average Bonchev–Trinajstić information content (AvgIpc) is 3.10. The lowest BCUT2D eigenvalue weighted by atomic mass is 9.95. The van der Waals surface area contributed by atoms with Crippen LogP contribution in [0.3, 0.4) is 0 Å². The van der Waals surface area contributed by atoms with Gasteiger partial charge in [0.1, 0.15) is 6.04 Å². The Kier molecular flexibility index (Phi) is 6.57. The van der Waals surface area contributed by atoms with Gasteiger partial charge in [-0.3, -0.25) is 9.59 Å². The number of sulfone groups is 1. The third-order valence-corrected chi connectivity index (χ3v) is 6.89. The van der Waals surface area contributed by atoms with E-state index < -0.39 is 45.0 Å². The molecular formula is C23H25F3N2O5S. The summed E-state index contributed by atoms with van der Waals surface area (Å²) in [5, 5.41) is 12.4. The Bertz CT molecular complexity index is 1220. The molecule has 0 spiro atoms. The number of nitrogens with one attached hydrogen (secondary N) is 1. The van der Waals surface area contributed by atoms with Crippen molar-refractivity contribution in [1.82, 2.24) is 4.90 Å². The van der Waals surface area contributed by atoms with Gasteiger partial charge in [0.15, 0.2) is 15.4 Å². The normalized spacial score (nSPS) is 17.9. The van der Waals surface area contributed by atoms with E-state index in [-0.39, 0.29) is 23.0 Å². The van der Waals surface area contributed by atoms with Gasteiger partial charge in [-0.1, -0.05) is 32.0 Å². The minimum absolute atomic E-state index is 0.0428. The maximum atomic E-state index is 13.2. The van der Waals surface area contributed by atoms with Crippen LogP contribution in [0.5, 0.6) is 0 Å². The maximum Gasteiger partial charge on any atom is 0.421 e. The van der Waals surface area contributed by atoms with Crippen LogP contribution < -0.4 is 5.32 Å². The van der Waals surface area contributed by atoms with Crippen molar-refractivity contribution in [1.29, 1.82) is 0 Å². The molecule has 7 nitrogen and oxygen atoms in total. The van der Waals surface area contributed by atoms with Gasteiger partial charge in [-0.2, -0.15) is 13.2 Å². The number of hydrogen-bond donors (Lipinski definition) is 2. The number of fused-ring (bicyclic) bond motifs is 1. The van der Waals surface area contributed by atoms with Crippen LogP contribution in [0.25, 0.3) is 0 Å². The smallest absolute Gasteiger partial charge is 0.376 e. The fourth-order valence-corrected chi connectivity index (χ4v) is 4.40. The first kappa shape index (κ1) is 25.7. The Labute approximate surface area is 195 Å². The minimum atomic E-state index is -4.88. The second kappa shape index (κ2) is 8.70. The molecule has 0 bridgehead atoms. The number of benzene rings is 2. The second-order valence-electron chi connectivity index (χ2n) is 8.79. The number of carbonyl (C=O) groups is 2. The molecule has 3 rings (SSSR count). The molecule has 0 fully saturated rings. The number of halogens is 3. The average molecular weight is 499 g/mol. The van der Waals surface area contributed by atoms with Gasteiger partial charge in [0.2, 0.25) is 5.91 Å². The molecule has 184 valence electrons. The third-order valence-electron chi connectivity index (χ3n) is 5.78. The van der Waals surface area contributed by atoms with Crippen molar-refractivity contribution >= 4 is 27.3 Å². The van der Waals surface area contributed by atoms with E-state index >= 15 is 0 Å². The molecule has 0 saturated heterocycles. The standard InChI is InChI=1S/C23H25F3N2O5S/c1-13(2)21(30)28-12-14-11-17(34(4,32)33)9-10-18(14)19(28)20(29)27-16-7-5-15(6-8-16)22(3,31)23(24,25)26/h5-11,13,19,31H,12H2,1-4H3,(H,27,29). The zero-order valence-electron chi connectivity index (χ0n) is 19.0. The van der Waals surface area contributed by atoms with Gasteiger partial charge in [0.05, 0.1) is 4.90 Å². The van der Waals surface area contributed by atoms with Gasteiger partial charge in [-0.05, 0) is 47.9 Å². The van der Waals surface area contributed by atoms with E-state index in [1.165, 1.54) is 35.2 Å². The van der Waals surface area contributed by atoms with Gasteiger partial charge in [-0.15, -0.1) is 0 Å². The predicted octanol–water partition coefficient (Wildman–Crippen LogP) is 3.54. The summed E-state index contributed by atoms with van der Waals surface area (Å²) >= 11 is 0. The Morgan fingerprint density at radius 3 is 2.21 bits per heavy atom. The lowest BCUT2D eigenvalue weighted by Crippen LogP contribution is -2.39. The summed E-state index contributed by atoms with van der Waals surface area (Å²) in [6.07, 6.45) is -3.82. The number of carbonyl (C=O) groups excluding carboxylic acids is 2. The molecule has 2 unspecified atom stereocenters. The van der Waals surface area contributed by atoms with Crippen LogP contribution in [-0.2, 0) is 31.6 Å². The van der Waals surface area contributed by atoms with E-state index in [1.807, 2.05) is 0 Å².